The van der Waals surface area contributed by atoms with E-state index in [4.69, 9.17) is 15.2 Å². The average molecular weight is 452 g/mol. The minimum atomic E-state index is 0. The highest BCUT2D eigenvalue weighted by atomic mass is 127. The zero-order valence-electron chi connectivity index (χ0n) is 14.1. The Morgan fingerprint density at radius 1 is 1.08 bits per heavy atom. The van der Waals surface area contributed by atoms with Crippen LogP contribution in [0.3, 0.4) is 0 Å². The third kappa shape index (κ3) is 4.56. The second-order valence-corrected chi connectivity index (χ2v) is 5.28. The zero-order valence-corrected chi connectivity index (χ0v) is 16.4. The number of hydrogen-bond donors (Lipinski definition) is 3. The van der Waals surface area contributed by atoms with Crippen molar-refractivity contribution < 1.29 is 9.47 Å². The Bertz CT molecular complexity index is 843. The Morgan fingerprint density at radius 3 is 2.56 bits per heavy atom. The summed E-state index contributed by atoms with van der Waals surface area (Å²) < 4.78 is 10.5. The minimum Gasteiger partial charge on any atom is -0.493 e. The number of ether oxygens (including phenoxy) is 2. The monoisotopic (exact) mass is 452 g/mol. The van der Waals surface area contributed by atoms with Crippen LogP contribution in [-0.2, 0) is 6.54 Å². The van der Waals surface area contributed by atoms with Gasteiger partial charge < -0.3 is 25.5 Å². The largest absolute Gasteiger partial charge is 0.493 e. The van der Waals surface area contributed by atoms with E-state index in [0.29, 0.717) is 24.0 Å². The molecule has 0 fully saturated rings. The standard InChI is InChI=1S/C18H20N4O2.HI/c1-23-16-8-7-13(10-17(16)24-2)22-18(19)20-11-14-9-12-5-3-4-6-15(12)21-14;/h3-10,21H,11H2,1-2H3,(H3,19,20,22);1H. The molecule has 132 valence electrons. The van der Waals surface area contributed by atoms with E-state index in [9.17, 15) is 0 Å². The number of nitrogens with one attached hydrogen (secondary N) is 2. The van der Waals surface area contributed by atoms with Gasteiger partial charge in [0.05, 0.1) is 20.8 Å². The van der Waals surface area contributed by atoms with Crippen molar-refractivity contribution in [2.45, 2.75) is 6.54 Å². The van der Waals surface area contributed by atoms with Crippen molar-refractivity contribution in [3.63, 3.8) is 0 Å². The third-order valence-electron chi connectivity index (χ3n) is 3.66. The molecule has 4 N–H and O–H groups in total. The van der Waals surface area contributed by atoms with E-state index < -0.39 is 0 Å². The molecule has 2 aromatic carbocycles. The van der Waals surface area contributed by atoms with Crippen LogP contribution in [0.5, 0.6) is 11.5 Å². The van der Waals surface area contributed by atoms with Crippen molar-refractivity contribution in [1.82, 2.24) is 4.98 Å². The highest BCUT2D eigenvalue weighted by Gasteiger charge is 2.05. The lowest BCUT2D eigenvalue weighted by atomic mass is 10.2. The number of aromatic nitrogens is 1. The molecule has 0 unspecified atom stereocenters. The number of hydrogen-bond acceptors (Lipinski definition) is 3. The fourth-order valence-corrected chi connectivity index (χ4v) is 2.49. The van der Waals surface area contributed by atoms with E-state index in [0.717, 1.165) is 22.3 Å². The molecule has 0 spiro atoms. The van der Waals surface area contributed by atoms with E-state index in [-0.39, 0.29) is 24.0 Å². The Balaban J connectivity index is 0.00000225. The summed E-state index contributed by atoms with van der Waals surface area (Å²) in [6, 6.07) is 15.7. The number of H-pyrrole nitrogens is 1. The lowest BCUT2D eigenvalue weighted by Gasteiger charge is -2.10. The number of guanidine groups is 1. The van der Waals surface area contributed by atoms with Gasteiger partial charge in [-0.2, -0.15) is 0 Å². The average Bonchev–Trinajstić information content (AvgIpc) is 3.03. The molecule has 0 aliphatic rings. The minimum absolute atomic E-state index is 0. The summed E-state index contributed by atoms with van der Waals surface area (Å²) in [7, 11) is 3.19. The smallest absolute Gasteiger partial charge is 0.193 e. The number of rotatable bonds is 5. The van der Waals surface area contributed by atoms with Crippen LogP contribution in [0.15, 0.2) is 53.5 Å². The molecule has 0 bridgehead atoms. The van der Waals surface area contributed by atoms with Crippen molar-refractivity contribution in [3.8, 4) is 11.5 Å². The van der Waals surface area contributed by atoms with Crippen molar-refractivity contribution in [2.75, 3.05) is 19.5 Å². The first-order valence-corrected chi connectivity index (χ1v) is 7.55. The van der Waals surface area contributed by atoms with Crippen molar-refractivity contribution in [1.29, 1.82) is 0 Å². The molecule has 0 saturated carbocycles. The van der Waals surface area contributed by atoms with Crippen LogP contribution in [0.1, 0.15) is 5.69 Å². The van der Waals surface area contributed by atoms with Gasteiger partial charge in [-0.1, -0.05) is 18.2 Å². The number of nitrogens with two attached hydrogens (primary N) is 1. The maximum Gasteiger partial charge on any atom is 0.193 e. The fraction of sp³-hybridized carbons (Fsp3) is 0.167. The molecule has 0 aliphatic heterocycles. The molecule has 0 amide bonds. The van der Waals surface area contributed by atoms with E-state index >= 15 is 0 Å². The normalized spacial score (nSPS) is 11.0. The van der Waals surface area contributed by atoms with Crippen molar-refractivity contribution in [3.05, 3.63) is 54.2 Å². The molecule has 0 atom stereocenters. The Morgan fingerprint density at radius 2 is 1.84 bits per heavy atom. The first kappa shape index (κ1) is 18.9. The first-order chi connectivity index (χ1) is 11.7. The van der Waals surface area contributed by atoms with Crippen LogP contribution < -0.4 is 20.5 Å². The van der Waals surface area contributed by atoms with Gasteiger partial charge in [0.25, 0.3) is 0 Å². The molecule has 0 saturated heterocycles. The quantitative estimate of drug-likeness (QED) is 0.313. The van der Waals surface area contributed by atoms with E-state index in [2.05, 4.69) is 27.4 Å². The fourth-order valence-electron chi connectivity index (χ4n) is 2.49. The number of methoxy groups -OCH3 is 2. The molecular weight excluding hydrogens is 431 g/mol. The summed E-state index contributed by atoms with van der Waals surface area (Å²) in [6.45, 7) is 0.473. The van der Waals surface area contributed by atoms with Gasteiger partial charge in [-0.15, -0.1) is 24.0 Å². The van der Waals surface area contributed by atoms with Gasteiger partial charge in [-0.25, -0.2) is 4.99 Å². The number of benzene rings is 2. The van der Waals surface area contributed by atoms with E-state index in [1.807, 2.05) is 36.4 Å². The van der Waals surface area contributed by atoms with Gasteiger partial charge in [0.15, 0.2) is 17.5 Å². The highest BCUT2D eigenvalue weighted by molar-refractivity contribution is 14.0. The number of para-hydroxylation sites is 1. The molecular formula is C18H21IN4O2. The van der Waals surface area contributed by atoms with Crippen LogP contribution in [0, 0.1) is 0 Å². The number of anilines is 1. The summed E-state index contributed by atoms with van der Waals surface area (Å²) in [5.74, 6) is 1.63. The Labute approximate surface area is 163 Å². The Kier molecular flexibility index (Phi) is 6.51. The van der Waals surface area contributed by atoms with Crippen molar-refractivity contribution in [2.24, 2.45) is 10.7 Å². The number of aromatic amines is 1. The molecule has 6 nitrogen and oxygen atoms in total. The van der Waals surface area contributed by atoms with Crippen LogP contribution in [0.4, 0.5) is 5.69 Å². The maximum atomic E-state index is 5.96. The molecule has 0 aliphatic carbocycles. The van der Waals surface area contributed by atoms with Gasteiger partial charge >= 0.3 is 0 Å². The van der Waals surface area contributed by atoms with Gasteiger partial charge in [-0.05, 0) is 29.7 Å². The lowest BCUT2D eigenvalue weighted by molar-refractivity contribution is 0.355. The van der Waals surface area contributed by atoms with Crippen LogP contribution in [-0.4, -0.2) is 25.2 Å². The second kappa shape index (κ2) is 8.61. The van der Waals surface area contributed by atoms with Gasteiger partial charge in [-0.3, -0.25) is 0 Å². The van der Waals surface area contributed by atoms with Crippen LogP contribution >= 0.6 is 24.0 Å². The maximum absolute atomic E-state index is 5.96. The highest BCUT2D eigenvalue weighted by Crippen LogP contribution is 2.29. The van der Waals surface area contributed by atoms with Gasteiger partial charge in [0.1, 0.15) is 0 Å². The van der Waals surface area contributed by atoms with Crippen LogP contribution in [0.2, 0.25) is 0 Å². The SMILES string of the molecule is COc1ccc(NC(N)=NCc2cc3ccccc3[nH]2)cc1OC.I. The van der Waals surface area contributed by atoms with E-state index in [1.165, 1.54) is 0 Å². The summed E-state index contributed by atoms with van der Waals surface area (Å²) >= 11 is 0. The summed E-state index contributed by atoms with van der Waals surface area (Å²) in [6.07, 6.45) is 0. The molecule has 7 heteroatoms. The summed E-state index contributed by atoms with van der Waals surface area (Å²) in [4.78, 5) is 7.68. The molecule has 3 rings (SSSR count). The van der Waals surface area contributed by atoms with Crippen molar-refractivity contribution >= 4 is 46.5 Å². The molecule has 0 radical (unpaired) electrons. The van der Waals surface area contributed by atoms with E-state index in [1.54, 1.807) is 14.2 Å². The van der Waals surface area contributed by atoms with Crippen LogP contribution in [0.25, 0.3) is 10.9 Å². The summed E-state index contributed by atoms with van der Waals surface area (Å²) in [5.41, 5.74) is 8.85. The topological polar surface area (TPSA) is 84.7 Å². The summed E-state index contributed by atoms with van der Waals surface area (Å²) in [5, 5.41) is 4.21. The molecule has 1 heterocycles. The molecule has 25 heavy (non-hydrogen) atoms. The number of fused-ring (bicyclic) bond motifs is 1. The first-order valence-electron chi connectivity index (χ1n) is 7.55. The lowest BCUT2D eigenvalue weighted by Crippen LogP contribution is -2.22. The Hall–Kier alpha value is -2.42. The predicted molar refractivity (Wildman–Crippen MR) is 112 cm³/mol. The number of nitrogens with zero attached hydrogens (tertiary/aromatic N) is 1. The molecule has 3 aromatic rings. The molecule has 1 aromatic heterocycles. The van der Waals surface area contributed by atoms with Gasteiger partial charge in [0, 0.05) is 23.0 Å². The number of aliphatic imine (C=N–C) groups is 1. The van der Waals surface area contributed by atoms with Gasteiger partial charge in [0.2, 0.25) is 0 Å². The number of halogens is 1. The predicted octanol–water partition coefficient (Wildman–Crippen LogP) is 3.73. The second-order valence-electron chi connectivity index (χ2n) is 5.28. The third-order valence-corrected chi connectivity index (χ3v) is 3.66. The zero-order chi connectivity index (χ0) is 16.9.